The predicted molar refractivity (Wildman–Crippen MR) is 84.5 cm³/mol. The number of hydrogen-bond donors (Lipinski definition) is 0. The molecular weight excluding hydrogens is 300 g/mol. The number of ether oxygens (including phenoxy) is 2. The van der Waals surface area contributed by atoms with E-state index in [-0.39, 0.29) is 0 Å². The lowest BCUT2D eigenvalue weighted by Gasteiger charge is -2.06. The molecule has 0 spiro atoms. The molecule has 0 N–H and O–H groups in total. The van der Waals surface area contributed by atoms with E-state index >= 15 is 0 Å². The fourth-order valence-corrected chi connectivity index (χ4v) is 2.82. The molecule has 2 heterocycles. The minimum Gasteiger partial charge on any atom is -0.486 e. The summed E-state index contributed by atoms with van der Waals surface area (Å²) in [7, 11) is 1.67. The first-order chi connectivity index (χ1) is 10.7. The number of nitrogens with zero attached hydrogens (tertiary/aromatic N) is 4. The summed E-state index contributed by atoms with van der Waals surface area (Å²) in [6, 6.07) is 6.08. The van der Waals surface area contributed by atoms with Gasteiger partial charge in [-0.05, 0) is 37.1 Å². The van der Waals surface area contributed by atoms with Crippen molar-refractivity contribution in [3.8, 4) is 5.75 Å². The average molecular weight is 318 g/mol. The van der Waals surface area contributed by atoms with Gasteiger partial charge in [0, 0.05) is 13.5 Å². The molecule has 2 aromatic heterocycles. The highest BCUT2D eigenvalue weighted by Crippen LogP contribution is 2.20. The van der Waals surface area contributed by atoms with Crippen molar-refractivity contribution < 1.29 is 9.47 Å². The average Bonchev–Trinajstić information content (AvgIpc) is 3.07. The SMILES string of the molecule is COCCc1nnc2sc(COc3ccc(C)c(C)c3)nn12. The van der Waals surface area contributed by atoms with Gasteiger partial charge in [-0.1, -0.05) is 17.4 Å². The maximum atomic E-state index is 5.81. The summed E-state index contributed by atoms with van der Waals surface area (Å²) in [6.45, 7) is 5.20. The van der Waals surface area contributed by atoms with Crippen LogP contribution in [-0.2, 0) is 17.8 Å². The van der Waals surface area contributed by atoms with Gasteiger partial charge in [-0.3, -0.25) is 0 Å². The molecular formula is C15H18N4O2S. The number of hydrogen-bond acceptors (Lipinski definition) is 6. The van der Waals surface area contributed by atoms with Gasteiger partial charge in [-0.2, -0.15) is 9.61 Å². The van der Waals surface area contributed by atoms with E-state index in [0.29, 0.717) is 19.6 Å². The first-order valence-electron chi connectivity index (χ1n) is 7.06. The molecule has 0 bridgehead atoms. The van der Waals surface area contributed by atoms with Gasteiger partial charge in [0.25, 0.3) is 0 Å². The van der Waals surface area contributed by atoms with E-state index in [2.05, 4.69) is 35.2 Å². The minimum absolute atomic E-state index is 0.431. The van der Waals surface area contributed by atoms with Gasteiger partial charge in [0.2, 0.25) is 4.96 Å². The van der Waals surface area contributed by atoms with Crippen LogP contribution >= 0.6 is 11.3 Å². The quantitative estimate of drug-likeness (QED) is 0.699. The first-order valence-corrected chi connectivity index (χ1v) is 7.88. The van der Waals surface area contributed by atoms with Gasteiger partial charge in [-0.25, -0.2) is 0 Å². The standard InChI is InChI=1S/C15H18N4O2S/c1-10-4-5-12(8-11(10)2)21-9-14-18-19-13(6-7-20-3)16-17-15(19)22-14/h4-5,8H,6-7,9H2,1-3H3. The van der Waals surface area contributed by atoms with E-state index < -0.39 is 0 Å². The van der Waals surface area contributed by atoms with E-state index in [1.807, 2.05) is 12.1 Å². The van der Waals surface area contributed by atoms with Crippen LogP contribution in [0.1, 0.15) is 22.0 Å². The van der Waals surface area contributed by atoms with Crippen LogP contribution < -0.4 is 4.74 Å². The molecule has 3 rings (SSSR count). The molecule has 1 aromatic carbocycles. The smallest absolute Gasteiger partial charge is 0.234 e. The molecule has 0 saturated heterocycles. The predicted octanol–water partition coefficient (Wildman–Crippen LogP) is 2.57. The van der Waals surface area contributed by atoms with Crippen molar-refractivity contribution in [1.29, 1.82) is 0 Å². The molecule has 116 valence electrons. The minimum atomic E-state index is 0.431. The molecule has 0 aliphatic rings. The van der Waals surface area contributed by atoms with Crippen molar-refractivity contribution in [2.24, 2.45) is 0 Å². The third-order valence-electron chi connectivity index (χ3n) is 3.47. The maximum Gasteiger partial charge on any atom is 0.234 e. The maximum absolute atomic E-state index is 5.81. The van der Waals surface area contributed by atoms with Crippen molar-refractivity contribution in [1.82, 2.24) is 19.8 Å². The van der Waals surface area contributed by atoms with Crippen LogP contribution in [0.5, 0.6) is 5.75 Å². The summed E-state index contributed by atoms with van der Waals surface area (Å²) >= 11 is 1.49. The molecule has 0 unspecified atom stereocenters. The zero-order valence-corrected chi connectivity index (χ0v) is 13.7. The van der Waals surface area contributed by atoms with Gasteiger partial charge in [0.1, 0.15) is 12.4 Å². The van der Waals surface area contributed by atoms with Gasteiger partial charge >= 0.3 is 0 Å². The zero-order chi connectivity index (χ0) is 15.5. The number of rotatable bonds is 6. The molecule has 0 atom stereocenters. The Hall–Kier alpha value is -1.99. The van der Waals surface area contributed by atoms with Crippen molar-refractivity contribution in [2.45, 2.75) is 26.9 Å². The Morgan fingerprint density at radius 1 is 1.18 bits per heavy atom. The van der Waals surface area contributed by atoms with Crippen LogP contribution in [0, 0.1) is 13.8 Å². The fraction of sp³-hybridized carbons (Fsp3) is 0.400. The van der Waals surface area contributed by atoms with Crippen LogP contribution in [-0.4, -0.2) is 33.5 Å². The van der Waals surface area contributed by atoms with Crippen molar-refractivity contribution >= 4 is 16.3 Å². The second-order valence-electron chi connectivity index (χ2n) is 5.08. The molecule has 0 aliphatic heterocycles. The summed E-state index contributed by atoms with van der Waals surface area (Å²) in [6.07, 6.45) is 0.693. The highest BCUT2D eigenvalue weighted by atomic mass is 32.1. The Labute approximate surface area is 132 Å². The largest absolute Gasteiger partial charge is 0.486 e. The van der Waals surface area contributed by atoms with Gasteiger partial charge in [0.05, 0.1) is 6.61 Å². The highest BCUT2D eigenvalue weighted by Gasteiger charge is 2.12. The van der Waals surface area contributed by atoms with E-state index in [4.69, 9.17) is 9.47 Å². The van der Waals surface area contributed by atoms with Crippen molar-refractivity contribution in [3.05, 3.63) is 40.2 Å². The van der Waals surface area contributed by atoms with Gasteiger partial charge in [0.15, 0.2) is 10.8 Å². The topological polar surface area (TPSA) is 61.5 Å². The number of benzene rings is 1. The lowest BCUT2D eigenvalue weighted by atomic mass is 10.1. The monoisotopic (exact) mass is 318 g/mol. The highest BCUT2D eigenvalue weighted by molar-refractivity contribution is 7.16. The summed E-state index contributed by atoms with van der Waals surface area (Å²) in [4.78, 5) is 0.782. The molecule has 0 radical (unpaired) electrons. The number of aryl methyl sites for hydroxylation is 2. The van der Waals surface area contributed by atoms with Crippen LogP contribution in [0.25, 0.3) is 4.96 Å². The number of fused-ring (bicyclic) bond motifs is 1. The summed E-state index contributed by atoms with van der Waals surface area (Å²) in [5.74, 6) is 1.67. The lowest BCUT2D eigenvalue weighted by Crippen LogP contribution is -2.02. The van der Waals surface area contributed by atoms with Crippen LogP contribution in [0.15, 0.2) is 18.2 Å². The Balaban J connectivity index is 1.71. The molecule has 0 amide bonds. The van der Waals surface area contributed by atoms with E-state index in [0.717, 1.165) is 21.5 Å². The Bertz CT molecular complexity index is 781. The third kappa shape index (κ3) is 3.10. The first kappa shape index (κ1) is 14.9. The van der Waals surface area contributed by atoms with Crippen LogP contribution in [0.3, 0.4) is 0 Å². The summed E-state index contributed by atoms with van der Waals surface area (Å²) in [5, 5.41) is 13.6. The second-order valence-corrected chi connectivity index (χ2v) is 6.12. The van der Waals surface area contributed by atoms with Gasteiger partial charge < -0.3 is 9.47 Å². The van der Waals surface area contributed by atoms with Crippen molar-refractivity contribution in [2.75, 3.05) is 13.7 Å². The zero-order valence-electron chi connectivity index (χ0n) is 12.9. The normalized spacial score (nSPS) is 11.2. The molecule has 6 nitrogen and oxygen atoms in total. The van der Waals surface area contributed by atoms with Crippen LogP contribution in [0.2, 0.25) is 0 Å². The molecule has 22 heavy (non-hydrogen) atoms. The number of methoxy groups -OCH3 is 1. The third-order valence-corrected chi connectivity index (χ3v) is 4.34. The van der Waals surface area contributed by atoms with E-state index in [9.17, 15) is 0 Å². The molecule has 3 aromatic rings. The van der Waals surface area contributed by atoms with Gasteiger partial charge in [-0.15, -0.1) is 10.2 Å². The molecule has 0 fully saturated rings. The Morgan fingerprint density at radius 3 is 2.82 bits per heavy atom. The summed E-state index contributed by atoms with van der Waals surface area (Å²) < 4.78 is 12.6. The van der Waals surface area contributed by atoms with E-state index in [1.165, 1.54) is 22.5 Å². The van der Waals surface area contributed by atoms with Crippen molar-refractivity contribution in [3.63, 3.8) is 0 Å². The summed E-state index contributed by atoms with van der Waals surface area (Å²) in [5.41, 5.74) is 2.48. The molecule has 0 saturated carbocycles. The molecule has 7 heteroatoms. The molecule has 0 aliphatic carbocycles. The lowest BCUT2D eigenvalue weighted by molar-refractivity contribution is 0.200. The van der Waals surface area contributed by atoms with E-state index in [1.54, 1.807) is 11.6 Å². The fourth-order valence-electron chi connectivity index (χ4n) is 2.05. The van der Waals surface area contributed by atoms with Crippen LogP contribution in [0.4, 0.5) is 0 Å². The Morgan fingerprint density at radius 2 is 2.05 bits per heavy atom. The Kier molecular flexibility index (Phi) is 4.35. The number of aromatic nitrogens is 4. The second kappa shape index (κ2) is 6.41.